The molecule has 0 aromatic heterocycles. The number of ether oxygens (including phenoxy) is 2. The molecule has 0 spiro atoms. The lowest BCUT2D eigenvalue weighted by molar-refractivity contribution is -0.143. The van der Waals surface area contributed by atoms with Crippen LogP contribution in [0.2, 0.25) is 0 Å². The summed E-state index contributed by atoms with van der Waals surface area (Å²) < 4.78 is 10.0. The first-order chi connectivity index (χ1) is 9.60. The minimum Gasteiger partial charge on any atom is -0.468 e. The lowest BCUT2D eigenvalue weighted by Crippen LogP contribution is -2.42. The molecule has 0 saturated heterocycles. The summed E-state index contributed by atoms with van der Waals surface area (Å²) in [4.78, 5) is 24.9. The molecule has 6 nitrogen and oxygen atoms in total. The topological polar surface area (TPSA) is 67.9 Å². The number of rotatable bonds is 7. The molecule has 0 aromatic carbocycles. The van der Waals surface area contributed by atoms with Crippen LogP contribution in [0.3, 0.4) is 0 Å². The van der Waals surface area contributed by atoms with Gasteiger partial charge in [-0.15, -0.1) is 0 Å². The number of methoxy groups -OCH3 is 1. The summed E-state index contributed by atoms with van der Waals surface area (Å²) in [6, 6.07) is -0.302. The second kappa shape index (κ2) is 8.87. The smallest absolute Gasteiger partial charge is 0.410 e. The van der Waals surface area contributed by atoms with Crippen molar-refractivity contribution in [2.45, 2.75) is 52.7 Å². The third-order valence-electron chi connectivity index (χ3n) is 2.90. The predicted octanol–water partition coefficient (Wildman–Crippen LogP) is 2.03. The molecule has 0 heterocycles. The fraction of sp³-hybridized carbons (Fsp3) is 0.867. The van der Waals surface area contributed by atoms with Crippen molar-refractivity contribution in [2.24, 2.45) is 5.92 Å². The van der Waals surface area contributed by atoms with Crippen molar-refractivity contribution in [1.29, 1.82) is 0 Å². The zero-order valence-electron chi connectivity index (χ0n) is 14.4. The molecule has 0 aromatic rings. The van der Waals surface area contributed by atoms with Gasteiger partial charge in [0, 0.05) is 20.1 Å². The van der Waals surface area contributed by atoms with Crippen LogP contribution in [0.4, 0.5) is 4.79 Å². The Labute approximate surface area is 128 Å². The van der Waals surface area contributed by atoms with Crippen molar-refractivity contribution in [3.8, 4) is 0 Å². The van der Waals surface area contributed by atoms with Crippen molar-refractivity contribution in [3.05, 3.63) is 0 Å². The predicted molar refractivity (Wildman–Crippen MR) is 82.1 cm³/mol. The van der Waals surface area contributed by atoms with Crippen molar-refractivity contribution in [2.75, 3.05) is 27.2 Å². The Morgan fingerprint density at radius 3 is 2.29 bits per heavy atom. The first kappa shape index (κ1) is 19.7. The Morgan fingerprint density at radius 2 is 1.86 bits per heavy atom. The van der Waals surface area contributed by atoms with E-state index in [0.717, 1.165) is 0 Å². The summed E-state index contributed by atoms with van der Waals surface area (Å²) in [6.07, 6.45) is 0.329. The molecule has 0 aliphatic heterocycles. The Hall–Kier alpha value is -1.30. The first-order valence-corrected chi connectivity index (χ1v) is 7.36. The molecule has 124 valence electrons. The SMILES string of the molecule is CCC(NCC(C)CN(C)C(=O)OC(C)(C)C)C(=O)OC. The van der Waals surface area contributed by atoms with Gasteiger partial charge in [0.2, 0.25) is 0 Å². The highest BCUT2D eigenvalue weighted by atomic mass is 16.6. The van der Waals surface area contributed by atoms with Gasteiger partial charge < -0.3 is 19.7 Å². The van der Waals surface area contributed by atoms with E-state index in [2.05, 4.69) is 5.32 Å². The highest BCUT2D eigenvalue weighted by molar-refractivity contribution is 5.75. The van der Waals surface area contributed by atoms with E-state index in [0.29, 0.717) is 19.5 Å². The van der Waals surface area contributed by atoms with E-state index in [1.54, 1.807) is 11.9 Å². The highest BCUT2D eigenvalue weighted by Crippen LogP contribution is 2.10. The Morgan fingerprint density at radius 1 is 1.29 bits per heavy atom. The quantitative estimate of drug-likeness (QED) is 0.729. The maximum atomic E-state index is 11.9. The van der Waals surface area contributed by atoms with E-state index in [1.165, 1.54) is 7.11 Å². The molecule has 0 fully saturated rings. The number of hydrogen-bond donors (Lipinski definition) is 1. The Bertz CT molecular complexity index is 339. The molecule has 0 aliphatic rings. The van der Waals surface area contributed by atoms with Crippen LogP contribution in [0.5, 0.6) is 0 Å². The number of carbonyl (C=O) groups excluding carboxylic acids is 2. The molecular formula is C15H30N2O4. The maximum Gasteiger partial charge on any atom is 0.410 e. The minimum atomic E-state index is -0.495. The fourth-order valence-electron chi connectivity index (χ4n) is 1.83. The summed E-state index contributed by atoms with van der Waals surface area (Å²) in [5.74, 6) is -0.0635. The monoisotopic (exact) mass is 302 g/mol. The molecule has 2 atom stereocenters. The molecule has 6 heteroatoms. The molecule has 2 unspecified atom stereocenters. The Kier molecular flexibility index (Phi) is 8.32. The number of amides is 1. The van der Waals surface area contributed by atoms with Gasteiger partial charge in [-0.05, 0) is 33.1 Å². The minimum absolute atomic E-state index is 0.196. The van der Waals surface area contributed by atoms with Crippen molar-refractivity contribution in [1.82, 2.24) is 10.2 Å². The molecule has 0 aliphatic carbocycles. The summed E-state index contributed by atoms with van der Waals surface area (Å²) in [5, 5.41) is 3.16. The number of hydrogen-bond acceptors (Lipinski definition) is 5. The van der Waals surface area contributed by atoms with E-state index in [9.17, 15) is 9.59 Å². The maximum absolute atomic E-state index is 11.9. The summed E-state index contributed by atoms with van der Waals surface area (Å²) in [5.41, 5.74) is -0.495. The van der Waals surface area contributed by atoms with Crippen molar-refractivity contribution in [3.63, 3.8) is 0 Å². The van der Waals surface area contributed by atoms with E-state index >= 15 is 0 Å². The lowest BCUT2D eigenvalue weighted by Gasteiger charge is -2.27. The normalized spacial score (nSPS) is 14.2. The van der Waals surface area contributed by atoms with Gasteiger partial charge in [-0.25, -0.2) is 4.79 Å². The average Bonchev–Trinajstić information content (AvgIpc) is 2.36. The van der Waals surface area contributed by atoms with Crippen LogP contribution in [0.25, 0.3) is 0 Å². The largest absolute Gasteiger partial charge is 0.468 e. The van der Waals surface area contributed by atoms with Gasteiger partial charge >= 0.3 is 12.1 Å². The van der Waals surface area contributed by atoms with Crippen LogP contribution in [-0.2, 0) is 14.3 Å². The molecule has 0 radical (unpaired) electrons. The van der Waals surface area contributed by atoms with Crippen LogP contribution in [0, 0.1) is 5.92 Å². The van der Waals surface area contributed by atoms with Crippen LogP contribution in [0.15, 0.2) is 0 Å². The third-order valence-corrected chi connectivity index (χ3v) is 2.90. The molecule has 0 bridgehead atoms. The van der Waals surface area contributed by atoms with Gasteiger partial charge in [0.25, 0.3) is 0 Å². The summed E-state index contributed by atoms with van der Waals surface area (Å²) in [6.45, 7) is 10.6. The van der Waals surface area contributed by atoms with E-state index in [1.807, 2.05) is 34.6 Å². The van der Waals surface area contributed by atoms with Gasteiger partial charge in [-0.3, -0.25) is 4.79 Å². The molecule has 0 rings (SSSR count). The Balaban J connectivity index is 4.21. The van der Waals surface area contributed by atoms with Crippen LogP contribution >= 0.6 is 0 Å². The summed E-state index contributed by atoms with van der Waals surface area (Å²) in [7, 11) is 3.09. The standard InChI is InChI=1S/C15H30N2O4/c1-8-12(13(18)20-7)16-9-11(2)10-17(6)14(19)21-15(3,4)5/h11-12,16H,8-10H2,1-7H3. The number of nitrogens with one attached hydrogen (secondary N) is 1. The zero-order chi connectivity index (χ0) is 16.6. The highest BCUT2D eigenvalue weighted by Gasteiger charge is 2.22. The molecule has 21 heavy (non-hydrogen) atoms. The first-order valence-electron chi connectivity index (χ1n) is 7.36. The van der Waals surface area contributed by atoms with Crippen LogP contribution < -0.4 is 5.32 Å². The van der Waals surface area contributed by atoms with Crippen LogP contribution in [-0.4, -0.2) is 55.9 Å². The van der Waals surface area contributed by atoms with E-state index in [-0.39, 0.29) is 24.0 Å². The molecule has 1 amide bonds. The van der Waals surface area contributed by atoms with E-state index < -0.39 is 5.60 Å². The second-order valence-electron chi connectivity index (χ2n) is 6.36. The van der Waals surface area contributed by atoms with Gasteiger partial charge in [-0.2, -0.15) is 0 Å². The second-order valence-corrected chi connectivity index (χ2v) is 6.36. The van der Waals surface area contributed by atoms with Crippen molar-refractivity contribution < 1.29 is 19.1 Å². The van der Waals surface area contributed by atoms with Gasteiger partial charge in [-0.1, -0.05) is 13.8 Å². The fourth-order valence-corrected chi connectivity index (χ4v) is 1.83. The van der Waals surface area contributed by atoms with Gasteiger partial charge in [0.15, 0.2) is 0 Å². The molecular weight excluding hydrogens is 272 g/mol. The molecule has 1 N–H and O–H groups in total. The van der Waals surface area contributed by atoms with Crippen LogP contribution in [0.1, 0.15) is 41.0 Å². The average molecular weight is 302 g/mol. The number of nitrogens with zero attached hydrogens (tertiary/aromatic N) is 1. The molecule has 0 saturated carbocycles. The van der Waals surface area contributed by atoms with Crippen molar-refractivity contribution >= 4 is 12.1 Å². The van der Waals surface area contributed by atoms with Gasteiger partial charge in [0.05, 0.1) is 7.11 Å². The van der Waals surface area contributed by atoms with E-state index in [4.69, 9.17) is 9.47 Å². The summed E-state index contributed by atoms with van der Waals surface area (Å²) >= 11 is 0. The third kappa shape index (κ3) is 8.55. The van der Waals surface area contributed by atoms with Gasteiger partial charge in [0.1, 0.15) is 11.6 Å². The lowest BCUT2D eigenvalue weighted by atomic mass is 10.1. The number of carbonyl (C=O) groups is 2. The number of esters is 1. The zero-order valence-corrected chi connectivity index (χ0v) is 14.4.